The molecule has 0 aliphatic heterocycles. The quantitative estimate of drug-likeness (QED) is 0.721. The maximum absolute atomic E-state index is 13.7. The van der Waals surface area contributed by atoms with Crippen molar-refractivity contribution >= 4 is 0 Å². The Hall–Kier alpha value is -1.13. The van der Waals surface area contributed by atoms with E-state index >= 15 is 0 Å². The van der Waals surface area contributed by atoms with Crippen LogP contribution in [0.15, 0.2) is 18.2 Å². The van der Waals surface area contributed by atoms with Crippen LogP contribution in [0.1, 0.15) is 18.4 Å². The molecule has 0 spiro atoms. The Morgan fingerprint density at radius 1 is 1.39 bits per heavy atom. The Morgan fingerprint density at radius 3 is 2.94 bits per heavy atom. The van der Waals surface area contributed by atoms with Gasteiger partial charge in [0.1, 0.15) is 0 Å². The van der Waals surface area contributed by atoms with Crippen LogP contribution < -0.4 is 10.1 Å². The van der Waals surface area contributed by atoms with E-state index in [1.807, 2.05) is 6.07 Å². The number of nitrogens with one attached hydrogen (secondary N) is 1. The van der Waals surface area contributed by atoms with Gasteiger partial charge in [-0.2, -0.15) is 0 Å². The van der Waals surface area contributed by atoms with Gasteiger partial charge in [0, 0.05) is 25.8 Å². The Balaban J connectivity index is 1.91. The third kappa shape index (κ3) is 3.96. The standard InChI is InChI=1S/C14H20FNO2/c1-17-8-7-16-9-12-3-2-4-13(15)14(12)18-10-11-5-6-11/h2-4,11,16H,5-10H2,1H3. The minimum Gasteiger partial charge on any atom is -0.490 e. The molecule has 0 amide bonds. The average Bonchev–Trinajstić information content (AvgIpc) is 3.18. The first-order valence-electron chi connectivity index (χ1n) is 6.41. The molecule has 0 saturated heterocycles. The number of hydrogen-bond acceptors (Lipinski definition) is 3. The molecule has 0 radical (unpaired) electrons. The van der Waals surface area contributed by atoms with Gasteiger partial charge in [-0.1, -0.05) is 12.1 Å². The summed E-state index contributed by atoms with van der Waals surface area (Å²) in [5.41, 5.74) is 0.867. The first kappa shape index (κ1) is 13.3. The van der Waals surface area contributed by atoms with E-state index in [-0.39, 0.29) is 5.82 Å². The Labute approximate surface area is 107 Å². The molecule has 3 nitrogen and oxygen atoms in total. The van der Waals surface area contributed by atoms with Gasteiger partial charge in [0.05, 0.1) is 13.2 Å². The zero-order valence-corrected chi connectivity index (χ0v) is 10.7. The molecular weight excluding hydrogens is 233 g/mol. The van der Waals surface area contributed by atoms with Crippen LogP contribution in [0.3, 0.4) is 0 Å². The normalized spacial score (nSPS) is 14.8. The minimum atomic E-state index is -0.276. The monoisotopic (exact) mass is 253 g/mol. The number of ether oxygens (including phenoxy) is 2. The topological polar surface area (TPSA) is 30.5 Å². The van der Waals surface area contributed by atoms with E-state index in [1.54, 1.807) is 13.2 Å². The molecule has 1 aliphatic rings. The summed E-state index contributed by atoms with van der Waals surface area (Å²) >= 11 is 0. The maximum atomic E-state index is 13.7. The molecular formula is C14H20FNO2. The summed E-state index contributed by atoms with van der Waals surface area (Å²) in [5, 5.41) is 3.20. The molecule has 1 N–H and O–H groups in total. The van der Waals surface area contributed by atoms with Crippen molar-refractivity contribution in [3.05, 3.63) is 29.6 Å². The highest BCUT2D eigenvalue weighted by Gasteiger charge is 2.23. The highest BCUT2D eigenvalue weighted by atomic mass is 19.1. The van der Waals surface area contributed by atoms with Crippen molar-refractivity contribution in [1.82, 2.24) is 5.32 Å². The first-order valence-corrected chi connectivity index (χ1v) is 6.41. The van der Waals surface area contributed by atoms with E-state index in [0.717, 1.165) is 12.1 Å². The summed E-state index contributed by atoms with van der Waals surface area (Å²) in [5.74, 6) is 0.745. The molecule has 1 saturated carbocycles. The molecule has 0 heterocycles. The highest BCUT2D eigenvalue weighted by molar-refractivity contribution is 5.35. The van der Waals surface area contributed by atoms with Crippen molar-refractivity contribution < 1.29 is 13.9 Å². The zero-order valence-electron chi connectivity index (χ0n) is 10.7. The largest absolute Gasteiger partial charge is 0.490 e. The summed E-state index contributed by atoms with van der Waals surface area (Å²) < 4.78 is 24.3. The van der Waals surface area contributed by atoms with E-state index in [0.29, 0.717) is 31.4 Å². The molecule has 1 aromatic carbocycles. The molecule has 1 aliphatic carbocycles. The van der Waals surface area contributed by atoms with Gasteiger partial charge in [-0.25, -0.2) is 4.39 Å². The number of hydrogen-bond donors (Lipinski definition) is 1. The van der Waals surface area contributed by atoms with E-state index in [2.05, 4.69) is 5.32 Å². The van der Waals surface area contributed by atoms with Crippen molar-refractivity contribution in [2.24, 2.45) is 5.92 Å². The fraction of sp³-hybridized carbons (Fsp3) is 0.571. The van der Waals surface area contributed by atoms with Gasteiger partial charge < -0.3 is 14.8 Å². The van der Waals surface area contributed by atoms with E-state index in [4.69, 9.17) is 9.47 Å². The SMILES string of the molecule is COCCNCc1cccc(F)c1OCC1CC1. The van der Waals surface area contributed by atoms with Crippen molar-refractivity contribution in [2.45, 2.75) is 19.4 Å². The summed E-state index contributed by atoms with van der Waals surface area (Å²) in [4.78, 5) is 0. The Kier molecular flexibility index (Phi) is 4.96. The smallest absolute Gasteiger partial charge is 0.165 e. The van der Waals surface area contributed by atoms with Gasteiger partial charge in [0.15, 0.2) is 11.6 Å². The van der Waals surface area contributed by atoms with E-state index in [9.17, 15) is 4.39 Å². The van der Waals surface area contributed by atoms with Crippen LogP contribution in [0.25, 0.3) is 0 Å². The second-order valence-corrected chi connectivity index (χ2v) is 4.65. The predicted molar refractivity (Wildman–Crippen MR) is 68.2 cm³/mol. The molecule has 18 heavy (non-hydrogen) atoms. The first-order chi connectivity index (χ1) is 8.81. The zero-order chi connectivity index (χ0) is 12.8. The van der Waals surface area contributed by atoms with Gasteiger partial charge in [-0.3, -0.25) is 0 Å². The lowest BCUT2D eigenvalue weighted by molar-refractivity contribution is 0.199. The fourth-order valence-electron chi connectivity index (χ4n) is 1.74. The van der Waals surface area contributed by atoms with Crippen LogP contribution in [0.5, 0.6) is 5.75 Å². The van der Waals surface area contributed by atoms with Crippen LogP contribution in [-0.4, -0.2) is 26.9 Å². The van der Waals surface area contributed by atoms with Gasteiger partial charge in [-0.05, 0) is 24.8 Å². The highest BCUT2D eigenvalue weighted by Crippen LogP contribution is 2.31. The number of methoxy groups -OCH3 is 1. The van der Waals surface area contributed by atoms with Crippen molar-refractivity contribution in [1.29, 1.82) is 0 Å². The Bertz CT molecular complexity index is 380. The summed E-state index contributed by atoms with van der Waals surface area (Å²) in [6.45, 7) is 2.62. The lowest BCUT2D eigenvalue weighted by Gasteiger charge is -2.12. The van der Waals surface area contributed by atoms with Gasteiger partial charge >= 0.3 is 0 Å². The molecule has 0 unspecified atom stereocenters. The molecule has 4 heteroatoms. The van der Waals surface area contributed by atoms with Crippen LogP contribution in [0, 0.1) is 11.7 Å². The second kappa shape index (κ2) is 6.71. The van der Waals surface area contributed by atoms with Crippen molar-refractivity contribution in [3.63, 3.8) is 0 Å². The number of rotatable bonds is 8. The van der Waals surface area contributed by atoms with Crippen LogP contribution >= 0.6 is 0 Å². The number of halogens is 1. The van der Waals surface area contributed by atoms with Gasteiger partial charge in [0.25, 0.3) is 0 Å². The molecule has 1 aromatic rings. The summed E-state index contributed by atoms with van der Waals surface area (Å²) in [6.07, 6.45) is 2.41. The van der Waals surface area contributed by atoms with Gasteiger partial charge in [0.2, 0.25) is 0 Å². The van der Waals surface area contributed by atoms with Crippen LogP contribution in [0.4, 0.5) is 4.39 Å². The second-order valence-electron chi connectivity index (χ2n) is 4.65. The third-order valence-corrected chi connectivity index (χ3v) is 3.01. The lowest BCUT2D eigenvalue weighted by atomic mass is 10.2. The lowest BCUT2D eigenvalue weighted by Crippen LogP contribution is -2.19. The minimum absolute atomic E-state index is 0.276. The average molecular weight is 253 g/mol. The predicted octanol–water partition coefficient (Wildman–Crippen LogP) is 2.35. The van der Waals surface area contributed by atoms with E-state index < -0.39 is 0 Å². The van der Waals surface area contributed by atoms with E-state index in [1.165, 1.54) is 18.9 Å². The van der Waals surface area contributed by atoms with Crippen LogP contribution in [-0.2, 0) is 11.3 Å². The summed E-state index contributed by atoms with van der Waals surface area (Å²) in [7, 11) is 1.66. The molecule has 1 fully saturated rings. The van der Waals surface area contributed by atoms with Crippen molar-refractivity contribution in [2.75, 3.05) is 26.9 Å². The van der Waals surface area contributed by atoms with Gasteiger partial charge in [-0.15, -0.1) is 0 Å². The molecule has 0 bridgehead atoms. The summed E-state index contributed by atoms with van der Waals surface area (Å²) in [6, 6.07) is 5.05. The molecule has 0 aromatic heterocycles. The molecule has 0 atom stereocenters. The molecule has 2 rings (SSSR count). The van der Waals surface area contributed by atoms with Crippen LogP contribution in [0.2, 0.25) is 0 Å². The fourth-order valence-corrected chi connectivity index (χ4v) is 1.74. The maximum Gasteiger partial charge on any atom is 0.165 e. The molecule has 100 valence electrons. The number of benzene rings is 1. The Morgan fingerprint density at radius 2 is 2.22 bits per heavy atom. The van der Waals surface area contributed by atoms with Crippen molar-refractivity contribution in [3.8, 4) is 5.75 Å². The third-order valence-electron chi connectivity index (χ3n) is 3.01. The number of para-hydroxylation sites is 1.